The van der Waals surface area contributed by atoms with Crippen LogP contribution in [0.1, 0.15) is 36.3 Å². The molecule has 0 bridgehead atoms. The third kappa shape index (κ3) is 5.59. The summed E-state index contributed by atoms with van der Waals surface area (Å²) in [7, 11) is 6.50. The molecule has 2 aliphatic heterocycles. The van der Waals surface area contributed by atoms with Crippen LogP contribution in [0.4, 0.5) is 28.1 Å². The average Bonchev–Trinajstić information content (AvgIpc) is 3.57. The molecule has 2 N–H and O–H groups in total. The Kier molecular flexibility index (Phi) is 8.40. The number of nitrogens with one attached hydrogen (secondary N) is 2. The number of hydrogen-bond donors (Lipinski definition) is 2. The molecular weight excluding hydrogens is 621 g/mol. The van der Waals surface area contributed by atoms with E-state index >= 15 is 0 Å². The van der Waals surface area contributed by atoms with E-state index < -0.39 is 6.03 Å². The van der Waals surface area contributed by atoms with Crippen molar-refractivity contribution in [3.05, 3.63) is 52.3 Å². The lowest BCUT2D eigenvalue weighted by atomic mass is 9.81. The summed E-state index contributed by atoms with van der Waals surface area (Å²) in [6.07, 6.45) is 8.56. The zero-order valence-electron chi connectivity index (χ0n) is 25.5. The second kappa shape index (κ2) is 12.3. The minimum atomic E-state index is -0.395. The fourth-order valence-corrected chi connectivity index (χ4v) is 6.79. The highest BCUT2D eigenvalue weighted by Crippen LogP contribution is 2.48. The molecule has 0 radical (unpaired) electrons. The number of halogens is 2. The van der Waals surface area contributed by atoms with Crippen LogP contribution in [0.5, 0.6) is 11.5 Å². The fraction of sp³-hybridized carbons (Fsp3) is 0.433. The molecule has 2 aromatic heterocycles. The summed E-state index contributed by atoms with van der Waals surface area (Å²) in [6.45, 7) is 4.85. The molecule has 15 heteroatoms. The molecule has 45 heavy (non-hydrogen) atoms. The van der Waals surface area contributed by atoms with E-state index in [1.807, 2.05) is 11.7 Å². The van der Waals surface area contributed by atoms with Gasteiger partial charge in [-0.1, -0.05) is 36.2 Å². The van der Waals surface area contributed by atoms with Crippen molar-refractivity contribution in [3.8, 4) is 11.5 Å². The van der Waals surface area contributed by atoms with Gasteiger partial charge in [-0.3, -0.25) is 19.3 Å². The van der Waals surface area contributed by atoms with Crippen molar-refractivity contribution in [2.24, 2.45) is 7.05 Å². The summed E-state index contributed by atoms with van der Waals surface area (Å²) in [5.74, 6) is 2.57. The van der Waals surface area contributed by atoms with Crippen LogP contribution >= 0.6 is 23.2 Å². The van der Waals surface area contributed by atoms with Crippen molar-refractivity contribution in [3.63, 3.8) is 0 Å². The van der Waals surface area contributed by atoms with Crippen molar-refractivity contribution in [2.45, 2.75) is 43.8 Å². The maximum absolute atomic E-state index is 13.7. The van der Waals surface area contributed by atoms with E-state index in [1.54, 1.807) is 19.3 Å². The smallest absolute Gasteiger partial charge is 0.330 e. The van der Waals surface area contributed by atoms with Gasteiger partial charge >= 0.3 is 6.03 Å². The quantitative estimate of drug-likeness (QED) is 0.323. The van der Waals surface area contributed by atoms with Crippen LogP contribution in [-0.2, 0) is 18.4 Å². The highest BCUT2D eigenvalue weighted by molar-refractivity contribution is 6.42. The normalized spacial score (nSPS) is 19.7. The van der Waals surface area contributed by atoms with Crippen LogP contribution in [0.3, 0.4) is 0 Å². The predicted molar refractivity (Wildman–Crippen MR) is 173 cm³/mol. The molecule has 3 amide bonds. The van der Waals surface area contributed by atoms with Gasteiger partial charge in [0.15, 0.2) is 5.82 Å². The Bertz CT molecular complexity index is 1630. The number of amides is 3. The molecule has 1 aromatic carbocycles. The van der Waals surface area contributed by atoms with Crippen molar-refractivity contribution >= 4 is 58.4 Å². The lowest BCUT2D eigenvalue weighted by Crippen LogP contribution is -2.47. The van der Waals surface area contributed by atoms with E-state index in [-0.39, 0.29) is 40.3 Å². The minimum Gasteiger partial charge on any atom is -0.495 e. The summed E-state index contributed by atoms with van der Waals surface area (Å²) >= 11 is 13.3. The second-order valence-corrected chi connectivity index (χ2v) is 12.2. The van der Waals surface area contributed by atoms with Crippen LogP contribution in [-0.4, -0.2) is 78.1 Å². The molecular formula is C30H35Cl2N9O4. The molecule has 1 saturated carbocycles. The largest absolute Gasteiger partial charge is 0.495 e. The molecule has 3 aromatic rings. The molecule has 13 nitrogen and oxygen atoms in total. The van der Waals surface area contributed by atoms with Gasteiger partial charge in [0, 0.05) is 56.8 Å². The van der Waals surface area contributed by atoms with E-state index in [0.29, 0.717) is 47.8 Å². The predicted octanol–water partition coefficient (Wildman–Crippen LogP) is 4.35. The Labute approximate surface area is 271 Å². The number of benzene rings is 1. The van der Waals surface area contributed by atoms with E-state index in [4.69, 9.17) is 42.8 Å². The second-order valence-electron chi connectivity index (χ2n) is 11.4. The van der Waals surface area contributed by atoms with Crippen molar-refractivity contribution < 1.29 is 19.1 Å². The zero-order chi connectivity index (χ0) is 32.0. The van der Waals surface area contributed by atoms with E-state index in [0.717, 1.165) is 18.7 Å². The number of carbonyl (C=O) groups is 2. The number of nitrogens with zero attached hydrogens (tertiary/aromatic N) is 7. The Morgan fingerprint density at radius 3 is 2.40 bits per heavy atom. The van der Waals surface area contributed by atoms with Gasteiger partial charge in [0.2, 0.25) is 11.9 Å². The van der Waals surface area contributed by atoms with E-state index in [2.05, 4.69) is 33.3 Å². The van der Waals surface area contributed by atoms with Crippen LogP contribution in [0.2, 0.25) is 10.0 Å². The lowest BCUT2D eigenvalue weighted by molar-refractivity contribution is -0.117. The first-order valence-corrected chi connectivity index (χ1v) is 15.4. The number of urea groups is 1. The van der Waals surface area contributed by atoms with Crippen LogP contribution in [0.15, 0.2) is 31.1 Å². The third-order valence-electron chi connectivity index (χ3n) is 8.65. The van der Waals surface area contributed by atoms with Gasteiger partial charge in [-0.05, 0) is 24.8 Å². The first kappa shape index (κ1) is 30.8. The Hall–Kier alpha value is -4.23. The number of carbonyl (C=O) groups excluding carboxylic acids is 2. The first-order chi connectivity index (χ1) is 21.6. The molecule has 2 unspecified atom stereocenters. The van der Waals surface area contributed by atoms with Gasteiger partial charge in [-0.15, -0.1) is 0 Å². The number of fused-ring (bicyclic) bond motifs is 1. The number of methoxy groups -OCH3 is 2. The molecule has 238 valence electrons. The van der Waals surface area contributed by atoms with Gasteiger partial charge < -0.3 is 25.0 Å². The Balaban J connectivity index is 1.27. The van der Waals surface area contributed by atoms with Gasteiger partial charge in [0.1, 0.15) is 27.4 Å². The van der Waals surface area contributed by atoms with Crippen LogP contribution in [0.25, 0.3) is 0 Å². The van der Waals surface area contributed by atoms with Gasteiger partial charge in [-0.25, -0.2) is 9.78 Å². The standard InChI is InChI=1S/C30H35Cl2N9O4/c1-6-23(42)34-19-14-40(28-18(13-38(2)37-28)16-8-7-9-16)15-20(19)35-29-33-11-17-12-41(30(43)39(3)27(17)36-29)26-24(31)21(44-4)10-22(45-5)25(26)32/h6,10-11,13,16,19-20H,1,7-9,12,14-15H2,2-5H3,(H,34,42)(H,33,35,36). The maximum Gasteiger partial charge on any atom is 0.330 e. The van der Waals surface area contributed by atoms with Gasteiger partial charge in [0.05, 0.1) is 38.5 Å². The summed E-state index contributed by atoms with van der Waals surface area (Å²) in [5, 5.41) is 11.6. The maximum atomic E-state index is 13.7. The monoisotopic (exact) mass is 655 g/mol. The topological polar surface area (TPSA) is 130 Å². The number of rotatable bonds is 9. The number of aromatic nitrogens is 4. The highest BCUT2D eigenvalue weighted by Gasteiger charge is 2.39. The van der Waals surface area contributed by atoms with Crippen LogP contribution < -0.4 is 34.8 Å². The van der Waals surface area contributed by atoms with Crippen molar-refractivity contribution in [1.29, 1.82) is 0 Å². The SMILES string of the molecule is C=CC(=O)NC1CN(c2nn(C)cc2C2CCC2)CC1Nc1ncc2c(n1)N(C)C(=O)N(c1c(Cl)c(OC)cc(OC)c1Cl)C2. The third-order valence-corrected chi connectivity index (χ3v) is 9.39. The zero-order valence-corrected chi connectivity index (χ0v) is 27.0. The molecule has 1 saturated heterocycles. The van der Waals surface area contributed by atoms with Crippen molar-refractivity contribution in [2.75, 3.05) is 54.4 Å². The lowest BCUT2D eigenvalue weighted by Gasteiger charge is -2.35. The van der Waals surface area contributed by atoms with Crippen molar-refractivity contribution in [1.82, 2.24) is 25.1 Å². The van der Waals surface area contributed by atoms with Crippen LogP contribution in [0, 0.1) is 0 Å². The summed E-state index contributed by atoms with van der Waals surface area (Å²) in [5.41, 5.74) is 2.18. The van der Waals surface area contributed by atoms with Gasteiger partial charge in [-0.2, -0.15) is 10.1 Å². The van der Waals surface area contributed by atoms with E-state index in [1.165, 1.54) is 42.1 Å². The number of aryl methyl sites for hydroxylation is 1. The molecule has 0 spiro atoms. The molecule has 2 fully saturated rings. The molecule has 4 heterocycles. The molecule has 3 aliphatic rings. The highest BCUT2D eigenvalue weighted by atomic mass is 35.5. The fourth-order valence-electron chi connectivity index (χ4n) is 6.09. The Morgan fingerprint density at radius 2 is 1.78 bits per heavy atom. The molecule has 6 rings (SSSR count). The summed E-state index contributed by atoms with van der Waals surface area (Å²) in [4.78, 5) is 40.4. The summed E-state index contributed by atoms with van der Waals surface area (Å²) < 4.78 is 12.6. The average molecular weight is 657 g/mol. The minimum absolute atomic E-state index is 0.118. The van der Waals surface area contributed by atoms with Gasteiger partial charge in [0.25, 0.3) is 0 Å². The number of anilines is 4. The number of hydrogen-bond acceptors (Lipinski definition) is 9. The molecule has 2 atom stereocenters. The number of ether oxygens (including phenoxy) is 2. The van der Waals surface area contributed by atoms with E-state index in [9.17, 15) is 9.59 Å². The Morgan fingerprint density at radius 1 is 1.09 bits per heavy atom. The molecule has 1 aliphatic carbocycles. The first-order valence-electron chi connectivity index (χ1n) is 14.6. The summed E-state index contributed by atoms with van der Waals surface area (Å²) in [6, 6.07) is 0.658.